The van der Waals surface area contributed by atoms with E-state index in [2.05, 4.69) is 5.32 Å². The molecular weight excluding hydrogens is 354 g/mol. The predicted molar refractivity (Wildman–Crippen MR) is 107 cm³/mol. The molecule has 3 nitrogen and oxygen atoms in total. The third kappa shape index (κ3) is 7.00. The summed E-state index contributed by atoms with van der Waals surface area (Å²) in [5, 5.41) is 3.70. The maximum absolute atomic E-state index is 12.3. The maximum atomic E-state index is 12.3. The van der Waals surface area contributed by atoms with Crippen molar-refractivity contribution in [2.24, 2.45) is 0 Å². The quantitative estimate of drug-likeness (QED) is 0.634. The van der Waals surface area contributed by atoms with E-state index >= 15 is 0 Å². The van der Waals surface area contributed by atoms with Gasteiger partial charge in [-0.05, 0) is 43.2 Å². The van der Waals surface area contributed by atoms with Crippen molar-refractivity contribution in [2.75, 3.05) is 12.3 Å². The molecular formula is C20H24ClNO2S. The summed E-state index contributed by atoms with van der Waals surface area (Å²) in [5.41, 5.74) is 2.40. The van der Waals surface area contributed by atoms with Crippen LogP contribution in [0, 0.1) is 6.92 Å². The van der Waals surface area contributed by atoms with Gasteiger partial charge >= 0.3 is 0 Å². The number of hydrogen-bond donors (Lipinski definition) is 1. The van der Waals surface area contributed by atoms with Crippen molar-refractivity contribution in [3.8, 4) is 5.75 Å². The minimum Gasteiger partial charge on any atom is -0.481 e. The van der Waals surface area contributed by atoms with Crippen LogP contribution in [0.4, 0.5) is 0 Å². The summed E-state index contributed by atoms with van der Waals surface area (Å²) in [6.45, 7) is 4.61. The zero-order valence-corrected chi connectivity index (χ0v) is 16.2. The summed E-state index contributed by atoms with van der Waals surface area (Å²) >= 11 is 7.65. The number of aryl methyl sites for hydroxylation is 1. The summed E-state index contributed by atoms with van der Waals surface area (Å²) < 4.78 is 5.79. The van der Waals surface area contributed by atoms with E-state index in [9.17, 15) is 4.79 Å². The number of hydrogen-bond acceptors (Lipinski definition) is 3. The number of ether oxygens (including phenoxy) is 1. The first-order valence-electron chi connectivity index (χ1n) is 8.41. The monoisotopic (exact) mass is 377 g/mol. The smallest absolute Gasteiger partial charge is 0.261 e. The van der Waals surface area contributed by atoms with Crippen molar-refractivity contribution in [3.63, 3.8) is 0 Å². The molecule has 1 atom stereocenters. The molecule has 0 unspecified atom stereocenters. The highest BCUT2D eigenvalue weighted by molar-refractivity contribution is 7.98. The average molecular weight is 378 g/mol. The highest BCUT2D eigenvalue weighted by Crippen LogP contribution is 2.16. The molecule has 0 saturated heterocycles. The van der Waals surface area contributed by atoms with Crippen LogP contribution in [0.15, 0.2) is 48.5 Å². The van der Waals surface area contributed by atoms with Crippen molar-refractivity contribution in [1.82, 2.24) is 5.32 Å². The van der Waals surface area contributed by atoms with E-state index in [0.29, 0.717) is 13.0 Å². The molecule has 0 aliphatic heterocycles. The summed E-state index contributed by atoms with van der Waals surface area (Å²) in [6, 6.07) is 15.6. The Labute approximate surface area is 159 Å². The van der Waals surface area contributed by atoms with Crippen molar-refractivity contribution in [1.29, 1.82) is 0 Å². The van der Waals surface area contributed by atoms with Crippen molar-refractivity contribution >= 4 is 29.3 Å². The van der Waals surface area contributed by atoms with Gasteiger partial charge in [-0.25, -0.2) is 0 Å². The molecule has 0 aliphatic rings. The highest BCUT2D eigenvalue weighted by Gasteiger charge is 2.17. The van der Waals surface area contributed by atoms with Gasteiger partial charge in [0.25, 0.3) is 5.91 Å². The summed E-state index contributed by atoms with van der Waals surface area (Å²) in [4.78, 5) is 12.3. The van der Waals surface area contributed by atoms with Crippen LogP contribution in [0.25, 0.3) is 0 Å². The van der Waals surface area contributed by atoms with E-state index in [0.717, 1.165) is 22.3 Å². The molecule has 1 N–H and O–H groups in total. The number of benzene rings is 2. The maximum Gasteiger partial charge on any atom is 0.261 e. The first kappa shape index (κ1) is 19.7. The Morgan fingerprint density at radius 3 is 2.48 bits per heavy atom. The van der Waals surface area contributed by atoms with Gasteiger partial charge in [0, 0.05) is 23.1 Å². The molecule has 2 aromatic rings. The molecule has 0 fully saturated rings. The zero-order valence-electron chi connectivity index (χ0n) is 14.6. The van der Waals surface area contributed by atoms with Crippen LogP contribution in [-0.2, 0) is 10.5 Å². The summed E-state index contributed by atoms with van der Waals surface area (Å²) in [5.74, 6) is 2.43. The van der Waals surface area contributed by atoms with Crippen LogP contribution in [0.2, 0.25) is 5.02 Å². The fourth-order valence-corrected chi connectivity index (χ4v) is 3.18. The van der Waals surface area contributed by atoms with Gasteiger partial charge in [0.2, 0.25) is 0 Å². The van der Waals surface area contributed by atoms with E-state index in [4.69, 9.17) is 16.3 Å². The lowest BCUT2D eigenvalue weighted by Gasteiger charge is -2.17. The van der Waals surface area contributed by atoms with E-state index in [-0.39, 0.29) is 5.91 Å². The predicted octanol–water partition coefficient (Wildman–Crippen LogP) is 4.86. The fraction of sp³-hybridized carbons (Fsp3) is 0.350. The second kappa shape index (κ2) is 10.4. The van der Waals surface area contributed by atoms with Gasteiger partial charge in [-0.3, -0.25) is 4.79 Å². The van der Waals surface area contributed by atoms with E-state index in [1.54, 1.807) is 11.8 Å². The number of thioether (sulfide) groups is 1. The largest absolute Gasteiger partial charge is 0.481 e. The Bertz CT molecular complexity index is 658. The number of carbonyl (C=O) groups excluding carboxylic acids is 1. The fourth-order valence-electron chi connectivity index (χ4n) is 2.23. The molecule has 0 spiro atoms. The zero-order chi connectivity index (χ0) is 18.1. The Kier molecular flexibility index (Phi) is 8.16. The lowest BCUT2D eigenvalue weighted by atomic mass is 10.2. The van der Waals surface area contributed by atoms with E-state index in [1.165, 1.54) is 11.1 Å². The second-order valence-corrected chi connectivity index (χ2v) is 7.34. The van der Waals surface area contributed by atoms with Crippen LogP contribution in [0.5, 0.6) is 5.75 Å². The van der Waals surface area contributed by atoms with Gasteiger partial charge in [-0.15, -0.1) is 0 Å². The Morgan fingerprint density at radius 1 is 1.16 bits per heavy atom. The Morgan fingerprint density at radius 2 is 1.84 bits per heavy atom. The Hall–Kier alpha value is -1.65. The first-order chi connectivity index (χ1) is 12.1. The molecule has 5 heteroatoms. The molecule has 134 valence electrons. The SMILES string of the molecule is CC[C@H](Oc1ccc(C)cc1)C(=O)NCCSCc1ccc(Cl)cc1. The standard InChI is InChI=1S/C20H24ClNO2S/c1-3-19(24-18-10-4-15(2)5-11-18)20(23)22-12-13-25-14-16-6-8-17(21)9-7-16/h4-11,19H,3,12-14H2,1-2H3,(H,22,23)/t19-/m0/s1. The highest BCUT2D eigenvalue weighted by atomic mass is 35.5. The first-order valence-corrected chi connectivity index (χ1v) is 9.95. The van der Waals surface area contributed by atoms with Gasteiger partial charge in [0.1, 0.15) is 5.75 Å². The minimum atomic E-state index is -0.455. The van der Waals surface area contributed by atoms with Crippen LogP contribution in [0.1, 0.15) is 24.5 Å². The van der Waals surface area contributed by atoms with Gasteiger partial charge in [0.05, 0.1) is 0 Å². The summed E-state index contributed by atoms with van der Waals surface area (Å²) in [6.07, 6.45) is 0.182. The molecule has 0 saturated carbocycles. The second-order valence-electron chi connectivity index (χ2n) is 5.80. The third-order valence-corrected chi connectivity index (χ3v) is 4.97. The molecule has 25 heavy (non-hydrogen) atoms. The van der Waals surface area contributed by atoms with Gasteiger partial charge in [-0.1, -0.05) is 48.4 Å². The normalized spacial score (nSPS) is 11.8. The van der Waals surface area contributed by atoms with Crippen LogP contribution >= 0.6 is 23.4 Å². The molecule has 0 bridgehead atoms. The Balaban J connectivity index is 1.68. The van der Waals surface area contributed by atoms with Crippen molar-refractivity contribution in [3.05, 3.63) is 64.7 Å². The van der Waals surface area contributed by atoms with Gasteiger partial charge < -0.3 is 10.1 Å². The van der Waals surface area contributed by atoms with Gasteiger partial charge in [-0.2, -0.15) is 11.8 Å². The van der Waals surface area contributed by atoms with Crippen LogP contribution in [-0.4, -0.2) is 24.3 Å². The number of rotatable bonds is 9. The lowest BCUT2D eigenvalue weighted by Crippen LogP contribution is -2.39. The molecule has 1 amide bonds. The molecule has 2 rings (SSSR count). The van der Waals surface area contributed by atoms with E-state index in [1.807, 2.05) is 62.4 Å². The number of carbonyl (C=O) groups is 1. The molecule has 2 aromatic carbocycles. The third-order valence-electron chi connectivity index (χ3n) is 3.69. The van der Waals surface area contributed by atoms with Crippen LogP contribution < -0.4 is 10.1 Å². The van der Waals surface area contributed by atoms with Crippen molar-refractivity contribution < 1.29 is 9.53 Å². The topological polar surface area (TPSA) is 38.3 Å². The number of halogens is 1. The van der Waals surface area contributed by atoms with E-state index < -0.39 is 6.10 Å². The summed E-state index contributed by atoms with van der Waals surface area (Å²) in [7, 11) is 0. The number of nitrogens with one attached hydrogen (secondary N) is 1. The lowest BCUT2D eigenvalue weighted by molar-refractivity contribution is -0.127. The minimum absolute atomic E-state index is 0.0600. The van der Waals surface area contributed by atoms with Crippen LogP contribution in [0.3, 0.4) is 0 Å². The van der Waals surface area contributed by atoms with Gasteiger partial charge in [0.15, 0.2) is 6.10 Å². The molecule has 0 aromatic heterocycles. The van der Waals surface area contributed by atoms with Crippen molar-refractivity contribution in [2.45, 2.75) is 32.1 Å². The molecule has 0 aliphatic carbocycles. The molecule has 0 radical (unpaired) electrons. The number of amides is 1. The molecule has 0 heterocycles. The average Bonchev–Trinajstić information content (AvgIpc) is 2.62.